The number of carbonyl (C=O) groups excluding carboxylic acids is 1. The van der Waals surface area contributed by atoms with Crippen molar-refractivity contribution in [2.75, 3.05) is 0 Å². The number of fused-ring (bicyclic) bond motifs is 1. The SMILES string of the molecule is O=C(NC1(C(=O)O)CC1)c1nn(-c2ccccc2F)c2c1CCC2. The van der Waals surface area contributed by atoms with Crippen molar-refractivity contribution in [2.45, 2.75) is 37.6 Å². The molecule has 1 heterocycles. The molecule has 0 saturated heterocycles. The van der Waals surface area contributed by atoms with Crippen molar-refractivity contribution in [3.8, 4) is 5.69 Å². The van der Waals surface area contributed by atoms with E-state index in [0.717, 1.165) is 17.7 Å². The highest BCUT2D eigenvalue weighted by Gasteiger charge is 2.52. The molecule has 7 heteroatoms. The predicted octanol–water partition coefficient (Wildman–Crippen LogP) is 1.85. The molecule has 24 heavy (non-hydrogen) atoms. The number of para-hydroxylation sites is 1. The number of halogens is 1. The number of carbonyl (C=O) groups is 2. The van der Waals surface area contributed by atoms with Crippen molar-refractivity contribution in [1.82, 2.24) is 15.1 Å². The summed E-state index contributed by atoms with van der Waals surface area (Å²) in [4.78, 5) is 23.8. The normalized spacial score (nSPS) is 17.4. The van der Waals surface area contributed by atoms with Gasteiger partial charge in [-0.2, -0.15) is 5.10 Å². The smallest absolute Gasteiger partial charge is 0.329 e. The fourth-order valence-electron chi connectivity index (χ4n) is 3.24. The van der Waals surface area contributed by atoms with Crippen LogP contribution in [0.25, 0.3) is 5.69 Å². The number of nitrogens with one attached hydrogen (secondary N) is 1. The van der Waals surface area contributed by atoms with Gasteiger partial charge in [0.1, 0.15) is 17.0 Å². The fraction of sp³-hybridized carbons (Fsp3) is 0.353. The highest BCUT2D eigenvalue weighted by Crippen LogP contribution is 2.36. The first-order valence-corrected chi connectivity index (χ1v) is 7.93. The van der Waals surface area contributed by atoms with Crippen LogP contribution in [-0.4, -0.2) is 32.3 Å². The summed E-state index contributed by atoms with van der Waals surface area (Å²) in [7, 11) is 0. The van der Waals surface area contributed by atoms with Crippen molar-refractivity contribution < 1.29 is 19.1 Å². The molecule has 1 aromatic carbocycles. The van der Waals surface area contributed by atoms with E-state index < -0.39 is 23.2 Å². The van der Waals surface area contributed by atoms with E-state index in [-0.39, 0.29) is 5.69 Å². The zero-order valence-electron chi connectivity index (χ0n) is 12.9. The monoisotopic (exact) mass is 329 g/mol. The summed E-state index contributed by atoms with van der Waals surface area (Å²) in [5.41, 5.74) is 0.958. The Morgan fingerprint density at radius 1 is 1.25 bits per heavy atom. The Kier molecular flexibility index (Phi) is 3.19. The summed E-state index contributed by atoms with van der Waals surface area (Å²) in [6.07, 6.45) is 3.11. The van der Waals surface area contributed by atoms with Crippen LogP contribution in [0.15, 0.2) is 24.3 Å². The van der Waals surface area contributed by atoms with Gasteiger partial charge < -0.3 is 10.4 Å². The van der Waals surface area contributed by atoms with Gasteiger partial charge in [-0.05, 0) is 44.2 Å². The largest absolute Gasteiger partial charge is 0.480 e. The minimum atomic E-state index is -1.16. The molecule has 0 unspecified atom stereocenters. The van der Waals surface area contributed by atoms with Crippen molar-refractivity contribution in [2.24, 2.45) is 0 Å². The van der Waals surface area contributed by atoms with Crippen LogP contribution in [0.4, 0.5) is 4.39 Å². The second-order valence-electron chi connectivity index (χ2n) is 6.33. The molecule has 1 saturated carbocycles. The molecule has 0 atom stereocenters. The quantitative estimate of drug-likeness (QED) is 0.896. The van der Waals surface area contributed by atoms with Crippen molar-refractivity contribution in [3.63, 3.8) is 0 Å². The fourth-order valence-corrected chi connectivity index (χ4v) is 3.24. The first kappa shape index (κ1) is 14.9. The van der Waals surface area contributed by atoms with E-state index >= 15 is 0 Å². The highest BCUT2D eigenvalue weighted by molar-refractivity contribution is 5.99. The van der Waals surface area contributed by atoms with Crippen molar-refractivity contribution in [1.29, 1.82) is 0 Å². The van der Waals surface area contributed by atoms with Crippen LogP contribution in [0, 0.1) is 5.82 Å². The number of hydrogen-bond acceptors (Lipinski definition) is 3. The number of nitrogens with zero attached hydrogens (tertiary/aromatic N) is 2. The highest BCUT2D eigenvalue weighted by atomic mass is 19.1. The number of carboxylic acids is 1. The van der Waals surface area contributed by atoms with Crippen LogP contribution in [0.1, 0.15) is 41.0 Å². The van der Waals surface area contributed by atoms with Gasteiger partial charge in [0.2, 0.25) is 0 Å². The van der Waals surface area contributed by atoms with Gasteiger partial charge in [0.25, 0.3) is 5.91 Å². The van der Waals surface area contributed by atoms with E-state index in [9.17, 15) is 19.1 Å². The van der Waals surface area contributed by atoms with E-state index in [2.05, 4.69) is 10.4 Å². The van der Waals surface area contributed by atoms with Gasteiger partial charge in [-0.3, -0.25) is 4.79 Å². The Hall–Kier alpha value is -2.70. The molecule has 4 rings (SSSR count). The maximum absolute atomic E-state index is 14.1. The lowest BCUT2D eigenvalue weighted by Gasteiger charge is -2.11. The number of benzene rings is 1. The number of carboxylic acid groups (broad SMARTS) is 1. The Labute approximate surface area is 137 Å². The molecule has 0 aliphatic heterocycles. The van der Waals surface area contributed by atoms with Crippen LogP contribution in [-0.2, 0) is 17.6 Å². The number of aliphatic carboxylic acids is 1. The maximum Gasteiger partial charge on any atom is 0.329 e. The molecule has 1 fully saturated rings. The maximum atomic E-state index is 14.1. The summed E-state index contributed by atoms with van der Waals surface area (Å²) in [5, 5.41) is 16.1. The lowest BCUT2D eigenvalue weighted by Crippen LogP contribution is -2.43. The third-order valence-corrected chi connectivity index (χ3v) is 4.74. The molecule has 124 valence electrons. The van der Waals surface area contributed by atoms with Crippen LogP contribution >= 0.6 is 0 Å². The van der Waals surface area contributed by atoms with E-state index in [0.29, 0.717) is 31.4 Å². The number of rotatable bonds is 4. The molecular formula is C17H16FN3O3. The molecule has 2 aliphatic rings. The Bertz CT molecular complexity index is 855. The number of aromatic nitrogens is 2. The van der Waals surface area contributed by atoms with E-state index in [1.165, 1.54) is 10.7 Å². The molecule has 2 aromatic rings. The summed E-state index contributed by atoms with van der Waals surface area (Å²) in [6.45, 7) is 0. The molecule has 0 radical (unpaired) electrons. The average Bonchev–Trinajstić information content (AvgIpc) is 3.03. The Balaban J connectivity index is 1.73. The van der Waals surface area contributed by atoms with Crippen LogP contribution < -0.4 is 5.32 Å². The molecule has 1 amide bonds. The van der Waals surface area contributed by atoms with Gasteiger partial charge in [0.05, 0.1) is 0 Å². The number of hydrogen-bond donors (Lipinski definition) is 2. The second kappa shape index (κ2) is 5.15. The molecule has 0 spiro atoms. The van der Waals surface area contributed by atoms with Crippen molar-refractivity contribution in [3.05, 3.63) is 47.0 Å². The van der Waals surface area contributed by atoms with E-state index in [1.807, 2.05) is 0 Å². The third kappa shape index (κ3) is 2.19. The van der Waals surface area contributed by atoms with Gasteiger partial charge in [-0.1, -0.05) is 12.1 Å². The van der Waals surface area contributed by atoms with Gasteiger partial charge >= 0.3 is 5.97 Å². The number of amides is 1. The first-order valence-electron chi connectivity index (χ1n) is 7.93. The summed E-state index contributed by atoms with van der Waals surface area (Å²) in [6, 6.07) is 6.27. The zero-order chi connectivity index (χ0) is 16.9. The van der Waals surface area contributed by atoms with E-state index in [1.54, 1.807) is 18.2 Å². The first-order chi connectivity index (χ1) is 11.5. The standard InChI is InChI=1S/C17H16FN3O3/c18-11-5-1-2-6-13(11)21-12-7-3-4-10(12)14(20-21)15(22)19-17(8-9-17)16(23)24/h1-2,5-6H,3-4,7-9H2,(H,19,22)(H,23,24). The second-order valence-corrected chi connectivity index (χ2v) is 6.33. The zero-order valence-corrected chi connectivity index (χ0v) is 12.9. The molecule has 1 aromatic heterocycles. The Morgan fingerprint density at radius 2 is 2.00 bits per heavy atom. The van der Waals surface area contributed by atoms with E-state index in [4.69, 9.17) is 0 Å². The van der Waals surface area contributed by atoms with Gasteiger partial charge in [0, 0.05) is 11.3 Å². The molecule has 0 bridgehead atoms. The lowest BCUT2D eigenvalue weighted by atomic mass is 10.1. The van der Waals surface area contributed by atoms with Gasteiger partial charge in [0.15, 0.2) is 5.69 Å². The van der Waals surface area contributed by atoms with Crippen LogP contribution in [0.2, 0.25) is 0 Å². The molecular weight excluding hydrogens is 313 g/mol. The topological polar surface area (TPSA) is 84.2 Å². The predicted molar refractivity (Wildman–Crippen MR) is 82.6 cm³/mol. The minimum Gasteiger partial charge on any atom is -0.480 e. The lowest BCUT2D eigenvalue weighted by molar-refractivity contribution is -0.140. The van der Waals surface area contributed by atoms with Gasteiger partial charge in [-0.15, -0.1) is 0 Å². The minimum absolute atomic E-state index is 0.207. The summed E-state index contributed by atoms with van der Waals surface area (Å²) in [5.74, 6) is -1.94. The average molecular weight is 329 g/mol. The van der Waals surface area contributed by atoms with Crippen LogP contribution in [0.3, 0.4) is 0 Å². The van der Waals surface area contributed by atoms with Crippen LogP contribution in [0.5, 0.6) is 0 Å². The Morgan fingerprint density at radius 3 is 2.67 bits per heavy atom. The van der Waals surface area contributed by atoms with Gasteiger partial charge in [-0.25, -0.2) is 13.9 Å². The third-order valence-electron chi connectivity index (χ3n) is 4.74. The molecule has 2 aliphatic carbocycles. The molecule has 2 N–H and O–H groups in total. The summed E-state index contributed by atoms with van der Waals surface area (Å²) < 4.78 is 15.6. The summed E-state index contributed by atoms with van der Waals surface area (Å²) >= 11 is 0. The van der Waals surface area contributed by atoms with Crippen molar-refractivity contribution >= 4 is 11.9 Å². The molecule has 6 nitrogen and oxygen atoms in total.